The Morgan fingerprint density at radius 3 is 2.71 bits per heavy atom. The first-order valence-electron chi connectivity index (χ1n) is 6.69. The highest BCUT2D eigenvalue weighted by atomic mass is 16.5. The molecule has 0 bridgehead atoms. The van der Waals surface area contributed by atoms with Gasteiger partial charge >= 0.3 is 0 Å². The highest BCUT2D eigenvalue weighted by Gasteiger charge is 2.09. The number of aromatic nitrogens is 1. The van der Waals surface area contributed by atoms with Crippen LogP contribution in [0.4, 0.5) is 5.82 Å². The SMILES string of the molecule is COCc1cccc(-n2c(N)cc3ccccc3c2=O)c1. The van der Waals surface area contributed by atoms with Gasteiger partial charge in [-0.25, -0.2) is 0 Å². The fraction of sp³-hybridized carbons (Fsp3) is 0.118. The molecule has 3 rings (SSSR count). The third kappa shape index (κ3) is 2.41. The van der Waals surface area contributed by atoms with Gasteiger partial charge in [-0.2, -0.15) is 0 Å². The molecule has 1 aromatic heterocycles. The Hall–Kier alpha value is -2.59. The minimum atomic E-state index is -0.111. The number of fused-ring (bicyclic) bond motifs is 1. The van der Waals surface area contributed by atoms with E-state index in [1.54, 1.807) is 7.11 Å². The third-order valence-corrected chi connectivity index (χ3v) is 3.44. The first-order valence-corrected chi connectivity index (χ1v) is 6.69. The van der Waals surface area contributed by atoms with E-state index in [4.69, 9.17) is 10.5 Å². The molecule has 21 heavy (non-hydrogen) atoms. The van der Waals surface area contributed by atoms with E-state index in [0.29, 0.717) is 17.8 Å². The van der Waals surface area contributed by atoms with E-state index in [1.807, 2.05) is 54.6 Å². The van der Waals surface area contributed by atoms with Crippen LogP contribution < -0.4 is 11.3 Å². The summed E-state index contributed by atoms with van der Waals surface area (Å²) in [5.41, 5.74) is 7.71. The van der Waals surface area contributed by atoms with E-state index in [9.17, 15) is 4.79 Å². The average molecular weight is 280 g/mol. The summed E-state index contributed by atoms with van der Waals surface area (Å²) in [7, 11) is 1.64. The molecule has 4 nitrogen and oxygen atoms in total. The molecule has 0 aliphatic rings. The van der Waals surface area contributed by atoms with Crippen LogP contribution in [0, 0.1) is 0 Å². The lowest BCUT2D eigenvalue weighted by Crippen LogP contribution is -2.21. The van der Waals surface area contributed by atoms with Crippen molar-refractivity contribution in [3.63, 3.8) is 0 Å². The molecule has 0 saturated carbocycles. The van der Waals surface area contributed by atoms with E-state index in [1.165, 1.54) is 4.57 Å². The van der Waals surface area contributed by atoms with E-state index in [2.05, 4.69) is 0 Å². The summed E-state index contributed by atoms with van der Waals surface area (Å²) in [6.07, 6.45) is 0. The molecule has 0 spiro atoms. The van der Waals surface area contributed by atoms with E-state index in [0.717, 1.165) is 16.6 Å². The van der Waals surface area contributed by atoms with Crippen LogP contribution in [-0.2, 0) is 11.3 Å². The van der Waals surface area contributed by atoms with E-state index >= 15 is 0 Å². The molecule has 0 saturated heterocycles. The molecule has 4 heteroatoms. The van der Waals surface area contributed by atoms with Gasteiger partial charge in [0.2, 0.25) is 0 Å². The van der Waals surface area contributed by atoms with E-state index in [-0.39, 0.29) is 5.56 Å². The maximum absolute atomic E-state index is 12.7. The molecule has 0 radical (unpaired) electrons. The Labute approximate surface area is 122 Å². The molecule has 0 amide bonds. The summed E-state index contributed by atoms with van der Waals surface area (Å²) >= 11 is 0. The second-order valence-electron chi connectivity index (χ2n) is 4.90. The van der Waals surface area contributed by atoms with Crippen LogP contribution in [0.1, 0.15) is 5.56 Å². The summed E-state index contributed by atoms with van der Waals surface area (Å²) in [5.74, 6) is 0.424. The first-order chi connectivity index (χ1) is 10.2. The topological polar surface area (TPSA) is 57.2 Å². The average Bonchev–Trinajstić information content (AvgIpc) is 2.48. The predicted octanol–water partition coefficient (Wildman–Crippen LogP) is 2.72. The smallest absolute Gasteiger partial charge is 0.264 e. The van der Waals surface area contributed by atoms with Gasteiger partial charge in [-0.3, -0.25) is 9.36 Å². The molecule has 2 N–H and O–H groups in total. The number of methoxy groups -OCH3 is 1. The molecule has 0 fully saturated rings. The quantitative estimate of drug-likeness (QED) is 0.802. The normalized spacial score (nSPS) is 10.9. The lowest BCUT2D eigenvalue weighted by atomic mass is 10.1. The zero-order valence-electron chi connectivity index (χ0n) is 11.7. The van der Waals surface area contributed by atoms with Crippen molar-refractivity contribution in [2.75, 3.05) is 12.8 Å². The number of nitrogens with zero attached hydrogens (tertiary/aromatic N) is 1. The van der Waals surface area contributed by atoms with Gasteiger partial charge in [-0.1, -0.05) is 30.3 Å². The molecule has 106 valence electrons. The second kappa shape index (κ2) is 5.42. The van der Waals surface area contributed by atoms with Crippen LogP contribution in [0.15, 0.2) is 59.4 Å². The van der Waals surface area contributed by atoms with Gasteiger partial charge in [0.15, 0.2) is 0 Å². The van der Waals surface area contributed by atoms with Crippen molar-refractivity contribution in [1.29, 1.82) is 0 Å². The Morgan fingerprint density at radius 2 is 1.90 bits per heavy atom. The van der Waals surface area contributed by atoms with Crippen LogP contribution in [0.25, 0.3) is 16.5 Å². The van der Waals surface area contributed by atoms with Crippen molar-refractivity contribution in [3.05, 3.63) is 70.5 Å². The summed E-state index contributed by atoms with van der Waals surface area (Å²) < 4.78 is 6.66. The number of hydrogen-bond donors (Lipinski definition) is 1. The van der Waals surface area contributed by atoms with Crippen LogP contribution in [-0.4, -0.2) is 11.7 Å². The second-order valence-corrected chi connectivity index (χ2v) is 4.90. The molecular weight excluding hydrogens is 264 g/mol. The van der Waals surface area contributed by atoms with Gasteiger partial charge < -0.3 is 10.5 Å². The molecule has 1 heterocycles. The summed E-state index contributed by atoms with van der Waals surface area (Å²) in [6.45, 7) is 0.496. The van der Waals surface area contributed by atoms with Crippen LogP contribution in [0.2, 0.25) is 0 Å². The van der Waals surface area contributed by atoms with E-state index < -0.39 is 0 Å². The number of hydrogen-bond acceptors (Lipinski definition) is 3. The lowest BCUT2D eigenvalue weighted by Gasteiger charge is -2.12. The maximum atomic E-state index is 12.7. The minimum Gasteiger partial charge on any atom is -0.385 e. The number of pyridine rings is 1. The van der Waals surface area contributed by atoms with Gasteiger partial charge in [-0.05, 0) is 35.2 Å². The van der Waals surface area contributed by atoms with Crippen molar-refractivity contribution in [3.8, 4) is 5.69 Å². The van der Waals surface area contributed by atoms with Gasteiger partial charge in [0.05, 0.1) is 12.3 Å². The molecule has 0 atom stereocenters. The minimum absolute atomic E-state index is 0.111. The molecular formula is C17H16N2O2. The largest absolute Gasteiger partial charge is 0.385 e. The predicted molar refractivity (Wildman–Crippen MR) is 84.7 cm³/mol. The van der Waals surface area contributed by atoms with Crippen molar-refractivity contribution < 1.29 is 4.74 Å². The Balaban J connectivity index is 2.25. The molecule has 0 aliphatic carbocycles. The Kier molecular flexibility index (Phi) is 3.46. The van der Waals surface area contributed by atoms with Gasteiger partial charge in [0.1, 0.15) is 5.82 Å². The zero-order valence-corrected chi connectivity index (χ0v) is 11.7. The monoisotopic (exact) mass is 280 g/mol. The highest BCUT2D eigenvalue weighted by molar-refractivity contribution is 5.84. The van der Waals surface area contributed by atoms with Crippen molar-refractivity contribution in [1.82, 2.24) is 4.57 Å². The van der Waals surface area contributed by atoms with Gasteiger partial charge in [-0.15, -0.1) is 0 Å². The number of nitrogens with two attached hydrogens (primary N) is 1. The molecule has 3 aromatic rings. The number of nitrogen functional groups attached to an aromatic ring is 1. The van der Waals surface area contributed by atoms with Crippen LogP contribution >= 0.6 is 0 Å². The summed E-state index contributed by atoms with van der Waals surface area (Å²) in [4.78, 5) is 12.7. The van der Waals surface area contributed by atoms with Gasteiger partial charge in [0.25, 0.3) is 5.56 Å². The highest BCUT2D eigenvalue weighted by Crippen LogP contribution is 2.18. The zero-order chi connectivity index (χ0) is 14.8. The van der Waals surface area contributed by atoms with Crippen molar-refractivity contribution in [2.24, 2.45) is 0 Å². The number of anilines is 1. The fourth-order valence-corrected chi connectivity index (χ4v) is 2.50. The van der Waals surface area contributed by atoms with Crippen molar-refractivity contribution >= 4 is 16.6 Å². The molecule has 0 aliphatic heterocycles. The summed E-state index contributed by atoms with van der Waals surface area (Å²) in [5, 5.41) is 1.51. The molecule has 0 unspecified atom stereocenters. The van der Waals surface area contributed by atoms with Gasteiger partial charge in [0, 0.05) is 12.5 Å². The maximum Gasteiger partial charge on any atom is 0.264 e. The first kappa shape index (κ1) is 13.4. The standard InChI is InChI=1S/C17H16N2O2/c1-21-11-12-5-4-7-14(9-12)19-16(18)10-13-6-2-3-8-15(13)17(19)20/h2-10H,11,18H2,1H3. The number of benzene rings is 2. The Morgan fingerprint density at radius 1 is 1.10 bits per heavy atom. The van der Waals surface area contributed by atoms with Crippen LogP contribution in [0.5, 0.6) is 0 Å². The lowest BCUT2D eigenvalue weighted by molar-refractivity contribution is 0.185. The number of ether oxygens (including phenoxy) is 1. The molecule has 2 aromatic carbocycles. The third-order valence-electron chi connectivity index (χ3n) is 3.44. The fourth-order valence-electron chi connectivity index (χ4n) is 2.50. The van der Waals surface area contributed by atoms with Crippen LogP contribution in [0.3, 0.4) is 0 Å². The number of rotatable bonds is 3. The van der Waals surface area contributed by atoms with Crippen molar-refractivity contribution in [2.45, 2.75) is 6.61 Å². The Bertz CT molecular complexity index is 853. The summed E-state index contributed by atoms with van der Waals surface area (Å²) in [6, 6.07) is 16.9.